The number of benzene rings is 1. The summed E-state index contributed by atoms with van der Waals surface area (Å²) in [6, 6.07) is 8.00. The Hall–Kier alpha value is -1.59. The molecule has 0 atom stereocenters. The van der Waals surface area contributed by atoms with E-state index >= 15 is 0 Å². The van der Waals surface area contributed by atoms with Gasteiger partial charge in [-0.15, -0.1) is 0 Å². The Morgan fingerprint density at radius 1 is 1.21 bits per heavy atom. The highest BCUT2D eigenvalue weighted by molar-refractivity contribution is 7.95. The van der Waals surface area contributed by atoms with Gasteiger partial charge in [0.25, 0.3) is 0 Å². The molecule has 0 fully saturated rings. The zero-order valence-electron chi connectivity index (χ0n) is 10.6. The smallest absolute Gasteiger partial charge is 0.235 e. The van der Waals surface area contributed by atoms with Gasteiger partial charge >= 0.3 is 0 Å². The Labute approximate surface area is 113 Å². The predicted octanol–water partition coefficient (Wildman–Crippen LogP) is 0.369. The van der Waals surface area contributed by atoms with Crippen molar-refractivity contribution in [3.63, 3.8) is 0 Å². The second-order valence-corrected chi connectivity index (χ2v) is 8.46. The molecule has 0 radical (unpaired) electrons. The average molecular weight is 302 g/mol. The van der Waals surface area contributed by atoms with Gasteiger partial charge in [0, 0.05) is 13.3 Å². The SMILES string of the molecule is CN(c1cccc(C#N)c1)S(=O)(=O)CCS(C)(=O)=O. The minimum atomic E-state index is -3.73. The lowest BCUT2D eigenvalue weighted by Gasteiger charge is -2.19. The molecular formula is C11H14N2O4S2. The van der Waals surface area contributed by atoms with Crippen molar-refractivity contribution in [2.75, 3.05) is 29.1 Å². The molecule has 6 nitrogen and oxygen atoms in total. The van der Waals surface area contributed by atoms with Gasteiger partial charge in [-0.05, 0) is 18.2 Å². The van der Waals surface area contributed by atoms with Crippen LogP contribution < -0.4 is 4.31 Å². The first-order chi connectivity index (χ1) is 8.65. The van der Waals surface area contributed by atoms with E-state index in [1.54, 1.807) is 18.2 Å². The molecule has 0 aliphatic carbocycles. The van der Waals surface area contributed by atoms with Crippen LogP contribution in [0.1, 0.15) is 5.56 Å². The number of rotatable bonds is 5. The van der Waals surface area contributed by atoms with Crippen LogP contribution >= 0.6 is 0 Å². The topological polar surface area (TPSA) is 95.3 Å². The summed E-state index contributed by atoms with van der Waals surface area (Å²) >= 11 is 0. The van der Waals surface area contributed by atoms with E-state index < -0.39 is 31.4 Å². The molecule has 0 heterocycles. The maximum absolute atomic E-state index is 12.0. The molecular weight excluding hydrogens is 288 g/mol. The largest absolute Gasteiger partial charge is 0.273 e. The van der Waals surface area contributed by atoms with Gasteiger partial charge in [-0.3, -0.25) is 4.31 Å². The molecule has 0 aliphatic heterocycles. The van der Waals surface area contributed by atoms with Crippen LogP contribution in [0.3, 0.4) is 0 Å². The molecule has 0 saturated carbocycles. The van der Waals surface area contributed by atoms with Crippen molar-refractivity contribution in [3.8, 4) is 6.07 Å². The predicted molar refractivity (Wildman–Crippen MR) is 73.1 cm³/mol. The molecule has 0 spiro atoms. The fraction of sp³-hybridized carbons (Fsp3) is 0.364. The Bertz CT molecular complexity index is 702. The minimum absolute atomic E-state index is 0.326. The van der Waals surface area contributed by atoms with Crippen LogP contribution in [0.5, 0.6) is 0 Å². The van der Waals surface area contributed by atoms with Crippen molar-refractivity contribution in [1.82, 2.24) is 0 Å². The van der Waals surface area contributed by atoms with Gasteiger partial charge in [0.1, 0.15) is 9.84 Å². The number of sulfone groups is 1. The van der Waals surface area contributed by atoms with E-state index in [0.717, 1.165) is 10.6 Å². The summed E-state index contributed by atoms with van der Waals surface area (Å²) in [6.45, 7) is 0. The standard InChI is InChI=1S/C11H14N2O4S2/c1-13(11-5-3-4-10(8-11)9-12)19(16,17)7-6-18(2,14)15/h3-5,8H,6-7H2,1-2H3. The van der Waals surface area contributed by atoms with Crippen molar-refractivity contribution in [2.24, 2.45) is 0 Å². The van der Waals surface area contributed by atoms with E-state index in [1.807, 2.05) is 6.07 Å². The maximum Gasteiger partial charge on any atom is 0.235 e. The molecule has 1 aromatic rings. The third-order valence-corrected chi connectivity index (χ3v) is 5.44. The zero-order valence-corrected chi connectivity index (χ0v) is 12.2. The Balaban J connectivity index is 2.98. The molecule has 0 aliphatic rings. The molecule has 8 heteroatoms. The quantitative estimate of drug-likeness (QED) is 0.783. The highest BCUT2D eigenvalue weighted by atomic mass is 32.2. The third-order valence-electron chi connectivity index (χ3n) is 2.47. The third kappa shape index (κ3) is 4.54. The monoisotopic (exact) mass is 302 g/mol. The van der Waals surface area contributed by atoms with E-state index in [4.69, 9.17) is 5.26 Å². The Morgan fingerprint density at radius 3 is 2.37 bits per heavy atom. The molecule has 0 saturated heterocycles. The summed E-state index contributed by atoms with van der Waals surface area (Å²) in [4.78, 5) is 0. The maximum atomic E-state index is 12.0. The van der Waals surface area contributed by atoms with Crippen LogP contribution in [-0.2, 0) is 19.9 Å². The van der Waals surface area contributed by atoms with E-state index in [-0.39, 0.29) is 0 Å². The molecule has 0 N–H and O–H groups in total. The average Bonchev–Trinajstić information content (AvgIpc) is 2.35. The molecule has 19 heavy (non-hydrogen) atoms. The minimum Gasteiger partial charge on any atom is -0.273 e. The van der Waals surface area contributed by atoms with Crippen molar-refractivity contribution in [1.29, 1.82) is 5.26 Å². The molecule has 0 aromatic heterocycles. The van der Waals surface area contributed by atoms with Crippen LogP contribution in [0.2, 0.25) is 0 Å². The van der Waals surface area contributed by atoms with Crippen molar-refractivity contribution < 1.29 is 16.8 Å². The number of anilines is 1. The van der Waals surface area contributed by atoms with Crippen molar-refractivity contribution in [2.45, 2.75) is 0 Å². The normalized spacial score (nSPS) is 11.8. The Morgan fingerprint density at radius 2 is 1.84 bits per heavy atom. The number of sulfonamides is 1. The van der Waals surface area contributed by atoms with E-state index in [0.29, 0.717) is 11.3 Å². The summed E-state index contributed by atoms with van der Waals surface area (Å²) < 4.78 is 46.9. The van der Waals surface area contributed by atoms with Gasteiger partial charge in [0.05, 0.1) is 28.8 Å². The summed E-state index contributed by atoms with van der Waals surface area (Å²) in [7, 11) is -5.74. The molecule has 0 unspecified atom stereocenters. The van der Waals surface area contributed by atoms with Crippen molar-refractivity contribution >= 4 is 25.5 Å². The summed E-state index contributed by atoms with van der Waals surface area (Å²) in [6.07, 6.45) is 0.985. The Kier molecular flexibility index (Phi) is 4.55. The van der Waals surface area contributed by atoms with Gasteiger partial charge in [0.2, 0.25) is 10.0 Å². The summed E-state index contributed by atoms with van der Waals surface area (Å²) in [5, 5.41) is 8.76. The molecule has 1 rings (SSSR count). The van der Waals surface area contributed by atoms with E-state index in [1.165, 1.54) is 13.1 Å². The zero-order chi connectivity index (χ0) is 14.7. The fourth-order valence-corrected chi connectivity index (χ4v) is 4.09. The highest BCUT2D eigenvalue weighted by Crippen LogP contribution is 2.17. The number of hydrogen-bond acceptors (Lipinski definition) is 5. The molecule has 104 valence electrons. The van der Waals surface area contributed by atoms with Gasteiger partial charge in [-0.1, -0.05) is 6.07 Å². The highest BCUT2D eigenvalue weighted by Gasteiger charge is 2.20. The van der Waals surface area contributed by atoms with Crippen LogP contribution in [0.15, 0.2) is 24.3 Å². The van der Waals surface area contributed by atoms with Gasteiger partial charge in [-0.2, -0.15) is 5.26 Å². The number of nitrogens with zero attached hydrogens (tertiary/aromatic N) is 2. The second-order valence-electron chi connectivity index (χ2n) is 4.08. The first-order valence-electron chi connectivity index (χ1n) is 5.30. The van der Waals surface area contributed by atoms with Gasteiger partial charge in [0.15, 0.2) is 0 Å². The molecule has 1 aromatic carbocycles. The molecule has 0 bridgehead atoms. The van der Waals surface area contributed by atoms with E-state index in [9.17, 15) is 16.8 Å². The fourth-order valence-electron chi connectivity index (χ4n) is 1.33. The number of hydrogen-bond donors (Lipinski definition) is 0. The summed E-state index contributed by atoms with van der Waals surface area (Å²) in [5.74, 6) is -0.920. The van der Waals surface area contributed by atoms with Crippen molar-refractivity contribution in [3.05, 3.63) is 29.8 Å². The second kappa shape index (κ2) is 5.59. The van der Waals surface area contributed by atoms with Gasteiger partial charge in [-0.25, -0.2) is 16.8 Å². The summed E-state index contributed by atoms with van der Waals surface area (Å²) in [5.41, 5.74) is 0.662. The lowest BCUT2D eigenvalue weighted by atomic mass is 10.2. The van der Waals surface area contributed by atoms with Crippen LogP contribution in [-0.4, -0.2) is 41.6 Å². The van der Waals surface area contributed by atoms with Crippen LogP contribution in [0, 0.1) is 11.3 Å². The lowest BCUT2D eigenvalue weighted by Crippen LogP contribution is -2.31. The van der Waals surface area contributed by atoms with E-state index in [2.05, 4.69) is 0 Å². The van der Waals surface area contributed by atoms with Crippen LogP contribution in [0.25, 0.3) is 0 Å². The first kappa shape index (κ1) is 15.5. The van der Waals surface area contributed by atoms with Gasteiger partial charge < -0.3 is 0 Å². The molecule has 0 amide bonds. The lowest BCUT2D eigenvalue weighted by molar-refractivity contribution is 0.589. The van der Waals surface area contributed by atoms with Crippen LogP contribution in [0.4, 0.5) is 5.69 Å². The number of nitriles is 1. The first-order valence-corrected chi connectivity index (χ1v) is 8.97.